The molecule has 1 aliphatic rings. The molecule has 1 atom stereocenters. The van der Waals surface area contributed by atoms with Crippen molar-refractivity contribution in [2.75, 3.05) is 6.54 Å². The molecule has 1 aliphatic heterocycles. The number of nitriles is 1. The highest BCUT2D eigenvalue weighted by molar-refractivity contribution is 5.60. The van der Waals surface area contributed by atoms with Gasteiger partial charge in [-0.25, -0.2) is 9.97 Å². The van der Waals surface area contributed by atoms with E-state index in [0.29, 0.717) is 5.82 Å². The van der Waals surface area contributed by atoms with Gasteiger partial charge in [-0.2, -0.15) is 10.4 Å². The topological polar surface area (TPSA) is 94.4 Å². The molecule has 7 nitrogen and oxygen atoms in total. The largest absolute Gasteiger partial charge is 0.302 e. The van der Waals surface area contributed by atoms with Crippen LogP contribution >= 0.6 is 0 Å². The molecule has 0 saturated carbocycles. The van der Waals surface area contributed by atoms with Crippen molar-refractivity contribution in [1.82, 2.24) is 30.0 Å². The van der Waals surface area contributed by atoms with Gasteiger partial charge in [0, 0.05) is 30.7 Å². The summed E-state index contributed by atoms with van der Waals surface area (Å²) in [5.74, 6) is 0.648. The molecule has 4 heterocycles. The number of likely N-dealkylation sites (tertiary alicyclic amines) is 1. The van der Waals surface area contributed by atoms with Gasteiger partial charge >= 0.3 is 0 Å². The molecule has 1 N–H and O–H groups in total. The fourth-order valence-electron chi connectivity index (χ4n) is 2.97. The van der Waals surface area contributed by atoms with Crippen molar-refractivity contribution in [1.29, 1.82) is 5.26 Å². The van der Waals surface area contributed by atoms with Gasteiger partial charge in [0.25, 0.3) is 0 Å². The summed E-state index contributed by atoms with van der Waals surface area (Å²) < 4.78 is 0. The zero-order chi connectivity index (χ0) is 16.4. The minimum Gasteiger partial charge on any atom is -0.302 e. The molecule has 0 radical (unpaired) electrons. The number of aromatic amines is 1. The first kappa shape index (κ1) is 14.3. The first-order valence-corrected chi connectivity index (χ1v) is 7.80. The maximum absolute atomic E-state index is 9.18. The molecule has 1 saturated heterocycles. The number of aromatic nitrogens is 5. The molecule has 3 aromatic heterocycles. The number of hydrogen-bond acceptors (Lipinski definition) is 6. The van der Waals surface area contributed by atoms with E-state index in [0.717, 1.165) is 42.0 Å². The lowest BCUT2D eigenvalue weighted by atomic mass is 10.1. The molecule has 0 spiro atoms. The second-order valence-corrected chi connectivity index (χ2v) is 5.66. The molecule has 118 valence electrons. The molecule has 1 fully saturated rings. The Kier molecular flexibility index (Phi) is 3.63. The summed E-state index contributed by atoms with van der Waals surface area (Å²) in [5, 5.41) is 16.6. The summed E-state index contributed by atoms with van der Waals surface area (Å²) in [5.41, 5.74) is 3.37. The monoisotopic (exact) mass is 317 g/mol. The highest BCUT2D eigenvalue weighted by Gasteiger charge is 2.26. The maximum Gasteiger partial charge on any atom is 0.179 e. The van der Waals surface area contributed by atoms with Crippen LogP contribution in [0.2, 0.25) is 0 Å². The minimum absolute atomic E-state index is 0.0910. The van der Waals surface area contributed by atoms with Crippen molar-refractivity contribution < 1.29 is 0 Å². The zero-order valence-electron chi connectivity index (χ0n) is 12.9. The summed E-state index contributed by atoms with van der Waals surface area (Å²) in [7, 11) is 0. The standard InChI is InChI=1S/C17H15N7/c18-11-24-8-1-3-16(24)15-9-14(22-23-15)13-5-4-12(10-21-13)17-19-6-2-7-20-17/h2,4-7,9-10,16H,1,3,8H2,(H,22,23). The first-order valence-electron chi connectivity index (χ1n) is 7.80. The molecule has 3 aromatic rings. The molecule has 0 aliphatic carbocycles. The van der Waals surface area contributed by atoms with Crippen LogP contribution in [0, 0.1) is 11.5 Å². The van der Waals surface area contributed by atoms with Crippen LogP contribution in [0.25, 0.3) is 22.8 Å². The molecular formula is C17H15N7. The van der Waals surface area contributed by atoms with E-state index >= 15 is 0 Å². The summed E-state index contributed by atoms with van der Waals surface area (Å²) in [6.45, 7) is 0.805. The van der Waals surface area contributed by atoms with Crippen molar-refractivity contribution in [3.8, 4) is 29.0 Å². The number of nitrogens with zero attached hydrogens (tertiary/aromatic N) is 6. The quantitative estimate of drug-likeness (QED) is 0.746. The van der Waals surface area contributed by atoms with Crippen molar-refractivity contribution in [2.24, 2.45) is 0 Å². The number of hydrogen-bond donors (Lipinski definition) is 1. The summed E-state index contributed by atoms with van der Waals surface area (Å²) in [4.78, 5) is 14.7. The van der Waals surface area contributed by atoms with Crippen LogP contribution in [0.1, 0.15) is 24.6 Å². The van der Waals surface area contributed by atoms with Gasteiger partial charge in [-0.1, -0.05) is 0 Å². The van der Waals surface area contributed by atoms with Crippen molar-refractivity contribution in [3.05, 3.63) is 48.5 Å². The van der Waals surface area contributed by atoms with E-state index in [-0.39, 0.29) is 6.04 Å². The lowest BCUT2D eigenvalue weighted by molar-refractivity contribution is 0.367. The normalized spacial score (nSPS) is 17.0. The van der Waals surface area contributed by atoms with E-state index in [1.165, 1.54) is 0 Å². The predicted molar refractivity (Wildman–Crippen MR) is 87.1 cm³/mol. The number of pyridine rings is 1. The van der Waals surface area contributed by atoms with Crippen LogP contribution in [0.15, 0.2) is 42.9 Å². The van der Waals surface area contributed by atoms with Crippen LogP contribution < -0.4 is 0 Å². The highest BCUT2D eigenvalue weighted by Crippen LogP contribution is 2.31. The average Bonchev–Trinajstić information content (AvgIpc) is 3.31. The second-order valence-electron chi connectivity index (χ2n) is 5.66. The highest BCUT2D eigenvalue weighted by atomic mass is 15.2. The number of nitrogens with one attached hydrogen (secondary N) is 1. The van der Waals surface area contributed by atoms with Gasteiger partial charge < -0.3 is 4.90 Å². The van der Waals surface area contributed by atoms with Gasteiger partial charge in [0.1, 0.15) is 5.69 Å². The van der Waals surface area contributed by atoms with Gasteiger partial charge in [-0.3, -0.25) is 10.1 Å². The van der Waals surface area contributed by atoms with Crippen molar-refractivity contribution >= 4 is 0 Å². The Balaban J connectivity index is 1.58. The Bertz CT molecular complexity index is 864. The third-order valence-electron chi connectivity index (χ3n) is 4.19. The first-order chi connectivity index (χ1) is 11.8. The van der Waals surface area contributed by atoms with Crippen LogP contribution in [0.4, 0.5) is 0 Å². The van der Waals surface area contributed by atoms with E-state index < -0.39 is 0 Å². The minimum atomic E-state index is 0.0910. The predicted octanol–water partition coefficient (Wildman–Crippen LogP) is 2.55. The van der Waals surface area contributed by atoms with Gasteiger partial charge in [0.05, 0.1) is 17.4 Å². The Labute approximate surface area is 139 Å². The summed E-state index contributed by atoms with van der Waals surface area (Å²) in [6.07, 6.45) is 9.39. The summed E-state index contributed by atoms with van der Waals surface area (Å²) in [6, 6.07) is 7.69. The molecule has 7 heteroatoms. The van der Waals surface area contributed by atoms with Gasteiger partial charge in [-0.05, 0) is 37.1 Å². The molecule has 24 heavy (non-hydrogen) atoms. The van der Waals surface area contributed by atoms with Crippen molar-refractivity contribution in [3.63, 3.8) is 0 Å². The molecule has 0 aromatic carbocycles. The Morgan fingerprint density at radius 2 is 2.04 bits per heavy atom. The third kappa shape index (κ3) is 2.58. The Hall–Kier alpha value is -3.27. The number of H-pyrrole nitrogens is 1. The average molecular weight is 317 g/mol. The zero-order valence-corrected chi connectivity index (χ0v) is 12.9. The Morgan fingerprint density at radius 3 is 2.79 bits per heavy atom. The summed E-state index contributed by atoms with van der Waals surface area (Å²) >= 11 is 0. The molecule has 1 unspecified atom stereocenters. The van der Waals surface area contributed by atoms with E-state index in [2.05, 4.69) is 31.3 Å². The number of rotatable bonds is 3. The second kappa shape index (κ2) is 6.08. The van der Waals surface area contributed by atoms with Gasteiger partial charge in [0.2, 0.25) is 0 Å². The third-order valence-corrected chi connectivity index (χ3v) is 4.19. The molecule has 4 rings (SSSR count). The van der Waals surface area contributed by atoms with Crippen LogP contribution in [0.5, 0.6) is 0 Å². The van der Waals surface area contributed by atoms with E-state index in [1.54, 1.807) is 29.6 Å². The van der Waals surface area contributed by atoms with Crippen LogP contribution in [-0.2, 0) is 0 Å². The van der Waals surface area contributed by atoms with Crippen LogP contribution in [-0.4, -0.2) is 36.6 Å². The Morgan fingerprint density at radius 1 is 1.17 bits per heavy atom. The fraction of sp³-hybridized carbons (Fsp3) is 0.235. The van der Waals surface area contributed by atoms with E-state index in [4.69, 9.17) is 0 Å². The van der Waals surface area contributed by atoms with Gasteiger partial charge in [-0.15, -0.1) is 0 Å². The fourth-order valence-corrected chi connectivity index (χ4v) is 2.97. The SMILES string of the molecule is N#CN1CCCC1c1cc(-c2ccc(-c3ncccn3)cn2)n[nH]1. The van der Waals surface area contributed by atoms with Gasteiger partial charge in [0.15, 0.2) is 12.0 Å². The molecule has 0 amide bonds. The maximum atomic E-state index is 9.18. The van der Waals surface area contributed by atoms with E-state index in [1.807, 2.05) is 18.2 Å². The van der Waals surface area contributed by atoms with Crippen molar-refractivity contribution in [2.45, 2.75) is 18.9 Å². The smallest absolute Gasteiger partial charge is 0.179 e. The van der Waals surface area contributed by atoms with Crippen LogP contribution in [0.3, 0.4) is 0 Å². The lowest BCUT2D eigenvalue weighted by Gasteiger charge is -2.15. The molecular weight excluding hydrogens is 302 g/mol. The lowest BCUT2D eigenvalue weighted by Crippen LogP contribution is -2.17. The molecule has 0 bridgehead atoms. The van der Waals surface area contributed by atoms with E-state index in [9.17, 15) is 5.26 Å².